The topological polar surface area (TPSA) is 20.2 Å². The second-order valence-electron chi connectivity index (χ2n) is 4.05. The summed E-state index contributed by atoms with van der Waals surface area (Å²) in [6.45, 7) is 10.3. The van der Waals surface area contributed by atoms with Crippen LogP contribution in [0, 0.1) is 17.4 Å². The van der Waals surface area contributed by atoms with Crippen LogP contribution in [-0.4, -0.2) is 19.3 Å². The molecule has 11 heavy (non-hydrogen) atoms. The maximum absolute atomic E-state index is 9.13. The molecule has 0 rings (SSSR count). The first-order valence-corrected chi connectivity index (χ1v) is 7.53. The Morgan fingerprint density at radius 2 is 1.64 bits per heavy atom. The fourth-order valence-corrected chi connectivity index (χ4v) is 1.11. The summed E-state index contributed by atoms with van der Waals surface area (Å²) >= 11 is 0. The maximum atomic E-state index is 9.13. The molecule has 0 fully saturated rings. The zero-order valence-corrected chi connectivity index (χ0v) is 9.10. The number of aliphatic hydroxyl groups excluding tert-OH is 1. The Kier molecular flexibility index (Phi) is 3.84. The third-order valence-electron chi connectivity index (χ3n) is 1.40. The molecule has 2 atom stereocenters. The van der Waals surface area contributed by atoms with Gasteiger partial charge >= 0.3 is 0 Å². The fraction of sp³-hybridized carbons (Fsp3) is 0.778. The second kappa shape index (κ2) is 3.94. The van der Waals surface area contributed by atoms with Gasteiger partial charge in [-0.2, -0.15) is 0 Å². The molecular weight excluding hydrogens is 152 g/mol. The number of hydrogen-bond acceptors (Lipinski definition) is 1. The Hall–Kier alpha value is -0.263. The van der Waals surface area contributed by atoms with E-state index < -0.39 is 8.07 Å². The molecular formula is C9H18OSi. The predicted octanol–water partition coefficient (Wildman–Crippen LogP) is 1.88. The second-order valence-corrected chi connectivity index (χ2v) is 8.80. The van der Waals surface area contributed by atoms with Gasteiger partial charge in [-0.05, 0) is 13.8 Å². The smallest absolute Gasteiger partial charge is 0.129 e. The van der Waals surface area contributed by atoms with Crippen LogP contribution in [0.1, 0.15) is 13.8 Å². The molecule has 0 saturated carbocycles. The van der Waals surface area contributed by atoms with Crippen molar-refractivity contribution in [3.8, 4) is 11.5 Å². The van der Waals surface area contributed by atoms with E-state index in [1.54, 1.807) is 6.92 Å². The molecule has 0 spiro atoms. The van der Waals surface area contributed by atoms with E-state index in [9.17, 15) is 0 Å². The summed E-state index contributed by atoms with van der Waals surface area (Å²) in [5.74, 6) is 3.20. The lowest BCUT2D eigenvalue weighted by molar-refractivity contribution is 0.161. The summed E-state index contributed by atoms with van der Waals surface area (Å²) in [5, 5.41) is 9.13. The van der Waals surface area contributed by atoms with Crippen molar-refractivity contribution in [2.75, 3.05) is 0 Å². The molecule has 64 valence electrons. The molecule has 0 bridgehead atoms. The number of aliphatic hydroxyl groups is 1. The van der Waals surface area contributed by atoms with Gasteiger partial charge in [-0.25, -0.2) is 0 Å². The van der Waals surface area contributed by atoms with Gasteiger partial charge in [0.15, 0.2) is 0 Å². The molecule has 0 aromatic carbocycles. The van der Waals surface area contributed by atoms with Crippen LogP contribution in [-0.2, 0) is 0 Å². The van der Waals surface area contributed by atoms with Gasteiger partial charge in [0.1, 0.15) is 8.07 Å². The third kappa shape index (κ3) is 6.15. The molecule has 0 saturated heterocycles. The van der Waals surface area contributed by atoms with E-state index in [-0.39, 0.29) is 12.0 Å². The van der Waals surface area contributed by atoms with E-state index in [0.29, 0.717) is 0 Å². The minimum absolute atomic E-state index is 0.113. The summed E-state index contributed by atoms with van der Waals surface area (Å²) in [6.07, 6.45) is -0.307. The van der Waals surface area contributed by atoms with Crippen LogP contribution in [0.2, 0.25) is 19.6 Å². The van der Waals surface area contributed by atoms with E-state index in [0.717, 1.165) is 0 Å². The third-order valence-corrected chi connectivity index (χ3v) is 2.29. The Labute approximate surface area is 70.8 Å². The van der Waals surface area contributed by atoms with Crippen LogP contribution in [0.5, 0.6) is 0 Å². The largest absolute Gasteiger partial charge is 0.392 e. The molecule has 0 radical (unpaired) electrons. The monoisotopic (exact) mass is 170 g/mol. The van der Waals surface area contributed by atoms with Crippen LogP contribution in [0.4, 0.5) is 0 Å². The molecule has 1 nitrogen and oxygen atoms in total. The molecule has 0 heterocycles. The molecule has 1 N–H and O–H groups in total. The van der Waals surface area contributed by atoms with Crippen molar-refractivity contribution >= 4 is 8.07 Å². The first kappa shape index (κ1) is 10.7. The first-order valence-electron chi connectivity index (χ1n) is 4.03. The highest BCUT2D eigenvalue weighted by atomic mass is 28.3. The zero-order chi connectivity index (χ0) is 9.07. The van der Waals surface area contributed by atoms with Gasteiger partial charge < -0.3 is 5.11 Å². The SMILES string of the molecule is C[C@H](C#C[Si](C)(C)C)[C@@H](C)O. The average molecular weight is 170 g/mol. The lowest BCUT2D eigenvalue weighted by Crippen LogP contribution is -2.18. The summed E-state index contributed by atoms with van der Waals surface area (Å²) in [4.78, 5) is 0. The van der Waals surface area contributed by atoms with Gasteiger partial charge in [0.05, 0.1) is 6.10 Å². The van der Waals surface area contributed by atoms with Gasteiger partial charge in [-0.1, -0.05) is 19.6 Å². The highest BCUT2D eigenvalue weighted by molar-refractivity contribution is 6.83. The Bertz CT molecular complexity index is 168. The first-order chi connectivity index (χ1) is 4.83. The molecule has 0 aromatic heterocycles. The Balaban J connectivity index is 4.08. The van der Waals surface area contributed by atoms with Crippen molar-refractivity contribution < 1.29 is 5.11 Å². The number of rotatable bonds is 1. The van der Waals surface area contributed by atoms with Gasteiger partial charge in [-0.3, -0.25) is 0 Å². The highest BCUT2D eigenvalue weighted by Crippen LogP contribution is 2.02. The molecule has 2 heteroatoms. The number of hydrogen-bond donors (Lipinski definition) is 1. The molecule has 0 aliphatic rings. The van der Waals surface area contributed by atoms with Crippen molar-refractivity contribution in [2.45, 2.75) is 39.6 Å². The molecule has 0 unspecified atom stereocenters. The molecule has 0 aliphatic heterocycles. The van der Waals surface area contributed by atoms with E-state index in [1.807, 2.05) is 6.92 Å². The maximum Gasteiger partial charge on any atom is 0.129 e. The van der Waals surface area contributed by atoms with Crippen molar-refractivity contribution in [3.63, 3.8) is 0 Å². The van der Waals surface area contributed by atoms with Crippen molar-refractivity contribution in [2.24, 2.45) is 5.92 Å². The van der Waals surface area contributed by atoms with E-state index >= 15 is 0 Å². The Morgan fingerprint density at radius 1 is 1.18 bits per heavy atom. The predicted molar refractivity (Wildman–Crippen MR) is 52.0 cm³/mol. The van der Waals surface area contributed by atoms with Gasteiger partial charge in [0.25, 0.3) is 0 Å². The molecule has 0 aromatic rings. The normalized spacial score (nSPS) is 16.5. The Morgan fingerprint density at radius 3 is 1.91 bits per heavy atom. The minimum atomic E-state index is -1.24. The van der Waals surface area contributed by atoms with E-state index in [4.69, 9.17) is 5.11 Å². The van der Waals surface area contributed by atoms with Gasteiger partial charge in [0, 0.05) is 5.92 Å². The quantitative estimate of drug-likeness (QED) is 0.470. The van der Waals surface area contributed by atoms with Crippen LogP contribution in [0.15, 0.2) is 0 Å². The van der Waals surface area contributed by atoms with Crippen molar-refractivity contribution in [1.82, 2.24) is 0 Å². The standard InChI is InChI=1S/C9H18OSi/c1-8(9(2)10)6-7-11(3,4)5/h8-10H,1-5H3/t8-,9-/m1/s1. The lowest BCUT2D eigenvalue weighted by Gasteiger charge is -2.08. The lowest BCUT2D eigenvalue weighted by atomic mass is 10.1. The zero-order valence-electron chi connectivity index (χ0n) is 8.10. The summed E-state index contributed by atoms with van der Waals surface area (Å²) in [5.41, 5.74) is 3.23. The van der Waals surface area contributed by atoms with Crippen LogP contribution in [0.25, 0.3) is 0 Å². The van der Waals surface area contributed by atoms with Crippen LogP contribution < -0.4 is 0 Å². The van der Waals surface area contributed by atoms with Crippen LogP contribution in [0.3, 0.4) is 0 Å². The molecule has 0 amide bonds. The average Bonchev–Trinajstić information content (AvgIpc) is 1.80. The summed E-state index contributed by atoms with van der Waals surface area (Å²) in [7, 11) is -1.24. The summed E-state index contributed by atoms with van der Waals surface area (Å²) in [6, 6.07) is 0. The molecule has 0 aliphatic carbocycles. The van der Waals surface area contributed by atoms with Crippen LogP contribution >= 0.6 is 0 Å². The van der Waals surface area contributed by atoms with E-state index in [2.05, 4.69) is 31.1 Å². The highest BCUT2D eigenvalue weighted by Gasteiger charge is 2.09. The van der Waals surface area contributed by atoms with E-state index in [1.165, 1.54) is 0 Å². The van der Waals surface area contributed by atoms with Gasteiger partial charge in [-0.15, -0.1) is 11.5 Å². The van der Waals surface area contributed by atoms with Gasteiger partial charge in [0.2, 0.25) is 0 Å². The van der Waals surface area contributed by atoms with Crippen molar-refractivity contribution in [3.05, 3.63) is 0 Å². The summed E-state index contributed by atoms with van der Waals surface area (Å²) < 4.78 is 0. The minimum Gasteiger partial charge on any atom is -0.392 e. The fourth-order valence-electron chi connectivity index (χ4n) is 0.451. The van der Waals surface area contributed by atoms with Crippen molar-refractivity contribution in [1.29, 1.82) is 0 Å².